The summed E-state index contributed by atoms with van der Waals surface area (Å²) in [5.41, 5.74) is 0.168. The van der Waals surface area contributed by atoms with Crippen molar-refractivity contribution in [2.24, 2.45) is 29.1 Å². The van der Waals surface area contributed by atoms with Crippen molar-refractivity contribution in [3.05, 3.63) is 0 Å². The second-order valence-electron chi connectivity index (χ2n) is 7.21. The molecule has 0 aliphatic heterocycles. The molecule has 0 aromatic rings. The minimum Gasteiger partial charge on any atom is -0.469 e. The molecule has 2 rings (SSSR count). The van der Waals surface area contributed by atoms with Gasteiger partial charge >= 0.3 is 5.97 Å². The quantitative estimate of drug-likeness (QED) is 0.684. The van der Waals surface area contributed by atoms with E-state index in [1.54, 1.807) is 0 Å². The van der Waals surface area contributed by atoms with Crippen LogP contribution in [-0.2, 0) is 14.3 Å². The molecule has 0 heterocycles. The summed E-state index contributed by atoms with van der Waals surface area (Å²) >= 11 is 0. The maximum atomic E-state index is 12.6. The predicted octanol–water partition coefficient (Wildman–Crippen LogP) is 3.22. The van der Waals surface area contributed by atoms with Crippen molar-refractivity contribution in [1.82, 2.24) is 0 Å². The number of hydrogen-bond acceptors (Lipinski definition) is 3. The minimum atomic E-state index is -0.116. The Morgan fingerprint density at radius 2 is 1.95 bits per heavy atom. The number of carbonyl (C=O) groups excluding carboxylic acids is 2. The van der Waals surface area contributed by atoms with Crippen molar-refractivity contribution in [2.45, 2.75) is 52.9 Å². The van der Waals surface area contributed by atoms with E-state index in [1.165, 1.54) is 7.11 Å². The zero-order valence-corrected chi connectivity index (χ0v) is 12.6. The van der Waals surface area contributed by atoms with Crippen LogP contribution in [0.4, 0.5) is 0 Å². The molecule has 3 nitrogen and oxygen atoms in total. The van der Waals surface area contributed by atoms with Crippen LogP contribution >= 0.6 is 0 Å². The molecule has 0 unspecified atom stereocenters. The monoisotopic (exact) mass is 266 g/mol. The Bertz CT molecular complexity index is 372. The second kappa shape index (κ2) is 5.26. The molecule has 0 spiro atoms. The van der Waals surface area contributed by atoms with Crippen LogP contribution in [0.5, 0.6) is 0 Å². The molecule has 0 aromatic heterocycles. The van der Waals surface area contributed by atoms with E-state index in [0.717, 1.165) is 32.1 Å². The molecule has 0 N–H and O–H groups in total. The number of Topliss-reactive ketones (excluding diaryl/α,β-unsaturated/α-hetero) is 1. The first-order valence-electron chi connectivity index (χ1n) is 7.47. The molecule has 2 aliphatic carbocycles. The van der Waals surface area contributed by atoms with E-state index in [0.29, 0.717) is 5.78 Å². The van der Waals surface area contributed by atoms with Gasteiger partial charge in [0, 0.05) is 11.8 Å². The average Bonchev–Trinajstić information content (AvgIpc) is 2.67. The zero-order chi connectivity index (χ0) is 14.2. The lowest BCUT2D eigenvalue weighted by atomic mass is 9.73. The van der Waals surface area contributed by atoms with Gasteiger partial charge in [-0.2, -0.15) is 0 Å². The molecule has 0 aromatic carbocycles. The fourth-order valence-corrected chi connectivity index (χ4v) is 4.15. The molecule has 4 atom stereocenters. The third kappa shape index (κ3) is 2.85. The van der Waals surface area contributed by atoms with Crippen LogP contribution in [0.25, 0.3) is 0 Å². The number of ketones is 1. The van der Waals surface area contributed by atoms with Crippen molar-refractivity contribution in [2.75, 3.05) is 7.11 Å². The van der Waals surface area contributed by atoms with Gasteiger partial charge < -0.3 is 4.74 Å². The Hall–Kier alpha value is -0.860. The minimum absolute atomic E-state index is 0.0643. The molecule has 19 heavy (non-hydrogen) atoms. The molecule has 0 amide bonds. The molecular weight excluding hydrogens is 240 g/mol. The number of fused-ring (bicyclic) bond motifs is 1. The fraction of sp³-hybridized carbons (Fsp3) is 0.875. The lowest BCUT2D eigenvalue weighted by molar-refractivity contribution is -0.149. The summed E-state index contributed by atoms with van der Waals surface area (Å²) in [4.78, 5) is 24.6. The largest absolute Gasteiger partial charge is 0.469 e. The fourth-order valence-electron chi connectivity index (χ4n) is 4.15. The zero-order valence-electron chi connectivity index (χ0n) is 12.6. The number of carbonyl (C=O) groups is 2. The first kappa shape index (κ1) is 14.5. The van der Waals surface area contributed by atoms with E-state index in [1.807, 2.05) is 6.92 Å². The third-order valence-corrected chi connectivity index (χ3v) is 5.10. The summed E-state index contributed by atoms with van der Waals surface area (Å²) < 4.78 is 4.97. The summed E-state index contributed by atoms with van der Waals surface area (Å²) in [7, 11) is 1.46. The van der Waals surface area contributed by atoms with Gasteiger partial charge in [0.25, 0.3) is 0 Å². The summed E-state index contributed by atoms with van der Waals surface area (Å²) in [6.07, 6.45) is 4.64. The molecule has 0 bridgehead atoms. The number of methoxy groups -OCH3 is 1. The summed E-state index contributed by atoms with van der Waals surface area (Å²) in [5.74, 6) is 0.597. The number of hydrogen-bond donors (Lipinski definition) is 0. The van der Waals surface area contributed by atoms with Crippen molar-refractivity contribution >= 4 is 11.8 Å². The summed E-state index contributed by atoms with van der Waals surface area (Å²) in [6, 6.07) is 0. The highest BCUT2D eigenvalue weighted by Crippen LogP contribution is 2.51. The van der Waals surface area contributed by atoms with E-state index in [4.69, 9.17) is 4.74 Å². The normalized spacial score (nSPS) is 38.2. The SMILES string of the molecule is COC(=O)[C@H]1CCC[C@@H](C)C(=O)[C@H]2CC(C)(C)C[C@@H]12. The second-order valence-corrected chi connectivity index (χ2v) is 7.21. The Labute approximate surface area is 116 Å². The molecule has 0 saturated heterocycles. The topological polar surface area (TPSA) is 43.4 Å². The molecule has 2 aliphatic rings. The van der Waals surface area contributed by atoms with E-state index in [-0.39, 0.29) is 35.1 Å². The van der Waals surface area contributed by atoms with Gasteiger partial charge in [-0.3, -0.25) is 9.59 Å². The first-order chi connectivity index (χ1) is 8.85. The number of ether oxygens (including phenoxy) is 1. The molecular formula is C16H26O3. The van der Waals surface area contributed by atoms with E-state index in [2.05, 4.69) is 13.8 Å². The lowest BCUT2D eigenvalue weighted by Gasteiger charge is -2.30. The van der Waals surface area contributed by atoms with Crippen LogP contribution in [0.1, 0.15) is 52.9 Å². The van der Waals surface area contributed by atoms with Crippen LogP contribution < -0.4 is 0 Å². The van der Waals surface area contributed by atoms with Gasteiger partial charge in [-0.15, -0.1) is 0 Å². The Kier molecular flexibility index (Phi) is 4.03. The van der Waals surface area contributed by atoms with Crippen LogP contribution in [-0.4, -0.2) is 18.9 Å². The van der Waals surface area contributed by atoms with E-state index >= 15 is 0 Å². The van der Waals surface area contributed by atoms with Gasteiger partial charge in [-0.05, 0) is 37.0 Å². The first-order valence-corrected chi connectivity index (χ1v) is 7.47. The van der Waals surface area contributed by atoms with Crippen LogP contribution in [0.2, 0.25) is 0 Å². The number of esters is 1. The van der Waals surface area contributed by atoms with Gasteiger partial charge in [0.15, 0.2) is 0 Å². The van der Waals surface area contributed by atoms with Crippen molar-refractivity contribution in [1.29, 1.82) is 0 Å². The highest BCUT2D eigenvalue weighted by molar-refractivity contribution is 5.85. The summed E-state index contributed by atoms with van der Waals surface area (Å²) in [6.45, 7) is 6.47. The van der Waals surface area contributed by atoms with Gasteiger partial charge in [-0.25, -0.2) is 0 Å². The van der Waals surface area contributed by atoms with E-state index < -0.39 is 0 Å². The predicted molar refractivity (Wildman–Crippen MR) is 73.5 cm³/mol. The van der Waals surface area contributed by atoms with Crippen LogP contribution in [0.3, 0.4) is 0 Å². The Morgan fingerprint density at radius 3 is 2.58 bits per heavy atom. The summed E-state index contributed by atoms with van der Waals surface area (Å²) in [5, 5.41) is 0. The highest BCUT2D eigenvalue weighted by atomic mass is 16.5. The molecule has 108 valence electrons. The van der Waals surface area contributed by atoms with Gasteiger partial charge in [0.1, 0.15) is 5.78 Å². The maximum Gasteiger partial charge on any atom is 0.308 e. The lowest BCUT2D eigenvalue weighted by Crippen LogP contribution is -2.35. The Balaban J connectivity index is 2.29. The maximum absolute atomic E-state index is 12.6. The van der Waals surface area contributed by atoms with Crippen molar-refractivity contribution in [3.8, 4) is 0 Å². The van der Waals surface area contributed by atoms with Gasteiger partial charge in [-0.1, -0.05) is 27.2 Å². The van der Waals surface area contributed by atoms with Gasteiger partial charge in [0.2, 0.25) is 0 Å². The van der Waals surface area contributed by atoms with Crippen molar-refractivity contribution in [3.63, 3.8) is 0 Å². The molecule has 2 saturated carbocycles. The smallest absolute Gasteiger partial charge is 0.308 e. The molecule has 0 radical (unpaired) electrons. The van der Waals surface area contributed by atoms with Crippen LogP contribution in [0, 0.1) is 29.1 Å². The number of rotatable bonds is 1. The third-order valence-electron chi connectivity index (χ3n) is 5.10. The van der Waals surface area contributed by atoms with Gasteiger partial charge in [0.05, 0.1) is 13.0 Å². The van der Waals surface area contributed by atoms with E-state index in [9.17, 15) is 9.59 Å². The van der Waals surface area contributed by atoms with Crippen molar-refractivity contribution < 1.29 is 14.3 Å². The molecule has 3 heteroatoms. The average molecular weight is 266 g/mol. The highest BCUT2D eigenvalue weighted by Gasteiger charge is 2.49. The standard InChI is InChI=1S/C16H26O3/c1-10-6-5-7-11(15(18)19-4)12-8-16(2,3)9-13(12)14(10)17/h10-13H,5-9H2,1-4H3/t10-,11+,12+,13+/m1/s1. The molecule has 2 fully saturated rings. The van der Waals surface area contributed by atoms with Crippen LogP contribution in [0.15, 0.2) is 0 Å². The Morgan fingerprint density at radius 1 is 1.26 bits per heavy atom.